The molecule has 0 spiro atoms. The van der Waals surface area contributed by atoms with E-state index in [0.29, 0.717) is 48.8 Å². The number of anilines is 2. The number of hydrogen-bond donors (Lipinski definition) is 0. The van der Waals surface area contributed by atoms with E-state index in [1.807, 2.05) is 24.0 Å². The zero-order valence-electron chi connectivity index (χ0n) is 16.6. The molecule has 30 heavy (non-hydrogen) atoms. The number of aryl methyl sites for hydroxylation is 1. The van der Waals surface area contributed by atoms with Crippen LogP contribution in [-0.2, 0) is 0 Å². The lowest BCUT2D eigenvalue weighted by atomic mass is 10.0. The summed E-state index contributed by atoms with van der Waals surface area (Å²) in [6.45, 7) is 4.48. The van der Waals surface area contributed by atoms with E-state index in [2.05, 4.69) is 14.9 Å². The summed E-state index contributed by atoms with van der Waals surface area (Å²) in [4.78, 5) is 36.7. The molecule has 1 aromatic heterocycles. The second-order valence-corrected chi connectivity index (χ2v) is 7.09. The van der Waals surface area contributed by atoms with Crippen LogP contribution in [0.5, 0.6) is 0 Å². The largest absolute Gasteiger partial charge is 0.362 e. The number of ketones is 1. The van der Waals surface area contributed by atoms with Crippen LogP contribution in [0.1, 0.15) is 21.7 Å². The van der Waals surface area contributed by atoms with Gasteiger partial charge in [0.1, 0.15) is 17.3 Å². The molecule has 1 aliphatic heterocycles. The summed E-state index contributed by atoms with van der Waals surface area (Å²) >= 11 is 0. The molecule has 0 unspecified atom stereocenters. The van der Waals surface area contributed by atoms with E-state index in [1.54, 1.807) is 42.6 Å². The van der Waals surface area contributed by atoms with E-state index in [0.717, 1.165) is 5.82 Å². The van der Waals surface area contributed by atoms with Gasteiger partial charge in [0.05, 0.1) is 4.92 Å². The Morgan fingerprint density at radius 3 is 2.33 bits per heavy atom. The maximum atomic E-state index is 12.7. The van der Waals surface area contributed by atoms with Crippen molar-refractivity contribution in [1.82, 2.24) is 9.97 Å². The van der Waals surface area contributed by atoms with E-state index in [4.69, 9.17) is 0 Å². The number of hydrogen-bond acceptors (Lipinski definition) is 7. The number of aromatic nitrogens is 2. The highest BCUT2D eigenvalue weighted by Gasteiger charge is 2.26. The molecule has 0 atom stereocenters. The highest BCUT2D eigenvalue weighted by atomic mass is 16.6. The average Bonchev–Trinajstić information content (AvgIpc) is 2.79. The van der Waals surface area contributed by atoms with Crippen molar-refractivity contribution < 1.29 is 9.72 Å². The third-order valence-corrected chi connectivity index (χ3v) is 5.18. The van der Waals surface area contributed by atoms with Gasteiger partial charge in [-0.15, -0.1) is 0 Å². The SMILES string of the molecule is Cc1nccc(N2CCN(c3ccc(C(=O)c4ccccc4)cc3[N+](=O)[O-])CC2)n1. The molecule has 0 amide bonds. The van der Waals surface area contributed by atoms with Crippen molar-refractivity contribution in [2.45, 2.75) is 6.92 Å². The Balaban J connectivity index is 1.54. The van der Waals surface area contributed by atoms with Crippen molar-refractivity contribution in [3.05, 3.63) is 87.9 Å². The van der Waals surface area contributed by atoms with Crippen molar-refractivity contribution in [3.63, 3.8) is 0 Å². The summed E-state index contributed by atoms with van der Waals surface area (Å²) in [5.41, 5.74) is 1.30. The molecular formula is C22H21N5O3. The van der Waals surface area contributed by atoms with Gasteiger partial charge in [-0.3, -0.25) is 14.9 Å². The van der Waals surface area contributed by atoms with Crippen LogP contribution in [0.2, 0.25) is 0 Å². The third-order valence-electron chi connectivity index (χ3n) is 5.18. The fourth-order valence-corrected chi connectivity index (χ4v) is 3.63. The fourth-order valence-electron chi connectivity index (χ4n) is 3.63. The lowest BCUT2D eigenvalue weighted by Gasteiger charge is -2.36. The Labute approximate surface area is 174 Å². The van der Waals surface area contributed by atoms with Gasteiger partial charge >= 0.3 is 0 Å². The topological polar surface area (TPSA) is 92.5 Å². The summed E-state index contributed by atoms with van der Waals surface area (Å²) in [5, 5.41) is 11.7. The van der Waals surface area contributed by atoms with Gasteiger partial charge in [-0.2, -0.15) is 0 Å². The van der Waals surface area contributed by atoms with Crippen LogP contribution in [-0.4, -0.2) is 46.9 Å². The third kappa shape index (κ3) is 3.98. The molecule has 1 fully saturated rings. The number of nitrogens with zero attached hydrogens (tertiary/aromatic N) is 5. The molecule has 0 aliphatic carbocycles. The van der Waals surface area contributed by atoms with Crippen molar-refractivity contribution in [2.75, 3.05) is 36.0 Å². The molecular weight excluding hydrogens is 382 g/mol. The smallest absolute Gasteiger partial charge is 0.293 e. The van der Waals surface area contributed by atoms with Gasteiger partial charge in [0, 0.05) is 49.6 Å². The minimum absolute atomic E-state index is 0.0527. The molecule has 2 aromatic carbocycles. The number of carbonyl (C=O) groups is 1. The Hall–Kier alpha value is -3.81. The first-order valence-corrected chi connectivity index (χ1v) is 9.70. The molecule has 4 rings (SSSR count). The van der Waals surface area contributed by atoms with E-state index in [-0.39, 0.29) is 11.5 Å². The second kappa shape index (κ2) is 8.28. The van der Waals surface area contributed by atoms with Gasteiger partial charge < -0.3 is 9.80 Å². The van der Waals surface area contributed by atoms with Crippen LogP contribution in [0.4, 0.5) is 17.2 Å². The number of nitro benzene ring substituents is 1. The van der Waals surface area contributed by atoms with E-state index in [9.17, 15) is 14.9 Å². The normalized spacial score (nSPS) is 13.9. The Morgan fingerprint density at radius 2 is 1.67 bits per heavy atom. The molecule has 0 N–H and O–H groups in total. The molecule has 2 heterocycles. The molecule has 1 saturated heterocycles. The Bertz CT molecular complexity index is 1080. The van der Waals surface area contributed by atoms with Crippen LogP contribution < -0.4 is 9.80 Å². The first-order chi connectivity index (χ1) is 14.5. The summed E-state index contributed by atoms with van der Waals surface area (Å²) in [6.07, 6.45) is 1.73. The summed E-state index contributed by atoms with van der Waals surface area (Å²) in [6, 6.07) is 15.4. The zero-order valence-corrected chi connectivity index (χ0v) is 16.6. The maximum absolute atomic E-state index is 12.7. The average molecular weight is 403 g/mol. The van der Waals surface area contributed by atoms with Crippen LogP contribution in [0.25, 0.3) is 0 Å². The number of nitro groups is 1. The summed E-state index contributed by atoms with van der Waals surface area (Å²) in [5.74, 6) is 1.35. The number of rotatable bonds is 5. The van der Waals surface area contributed by atoms with Crippen LogP contribution in [0.15, 0.2) is 60.8 Å². The molecule has 3 aromatic rings. The Morgan fingerprint density at radius 1 is 0.967 bits per heavy atom. The van der Waals surface area contributed by atoms with Crippen molar-refractivity contribution >= 4 is 23.0 Å². The predicted molar refractivity (Wildman–Crippen MR) is 114 cm³/mol. The summed E-state index contributed by atoms with van der Waals surface area (Å²) < 4.78 is 0. The highest BCUT2D eigenvalue weighted by Crippen LogP contribution is 2.31. The lowest BCUT2D eigenvalue weighted by Crippen LogP contribution is -2.47. The van der Waals surface area contributed by atoms with Crippen LogP contribution in [0, 0.1) is 17.0 Å². The monoisotopic (exact) mass is 403 g/mol. The number of benzene rings is 2. The number of carbonyl (C=O) groups excluding carboxylic acids is 1. The van der Waals surface area contributed by atoms with Gasteiger partial charge in [-0.25, -0.2) is 9.97 Å². The van der Waals surface area contributed by atoms with Gasteiger partial charge in [-0.05, 0) is 25.1 Å². The molecule has 0 bridgehead atoms. The molecule has 1 aliphatic rings. The minimum Gasteiger partial charge on any atom is -0.362 e. The standard InChI is InChI=1S/C22H21N5O3/c1-16-23-10-9-21(24-16)26-13-11-25(12-14-26)19-8-7-18(15-20(19)27(29)30)22(28)17-5-3-2-4-6-17/h2-10,15H,11-14H2,1H3. The quantitative estimate of drug-likeness (QED) is 0.367. The zero-order chi connectivity index (χ0) is 21.1. The molecule has 152 valence electrons. The van der Waals surface area contributed by atoms with E-state index in [1.165, 1.54) is 6.07 Å². The van der Waals surface area contributed by atoms with Crippen molar-refractivity contribution in [2.24, 2.45) is 0 Å². The van der Waals surface area contributed by atoms with Crippen molar-refractivity contribution in [1.29, 1.82) is 0 Å². The van der Waals surface area contributed by atoms with Gasteiger partial charge in [0.2, 0.25) is 0 Å². The molecule has 8 heteroatoms. The highest BCUT2D eigenvalue weighted by molar-refractivity contribution is 6.09. The van der Waals surface area contributed by atoms with E-state index >= 15 is 0 Å². The predicted octanol–water partition coefficient (Wildman–Crippen LogP) is 3.25. The molecule has 0 saturated carbocycles. The molecule has 0 radical (unpaired) electrons. The first kappa shape index (κ1) is 19.5. The number of piperazine rings is 1. The molecule has 8 nitrogen and oxygen atoms in total. The van der Waals surface area contributed by atoms with Crippen LogP contribution in [0.3, 0.4) is 0 Å². The van der Waals surface area contributed by atoms with E-state index < -0.39 is 4.92 Å². The van der Waals surface area contributed by atoms with Gasteiger partial charge in [-0.1, -0.05) is 30.3 Å². The van der Waals surface area contributed by atoms with Gasteiger partial charge in [0.15, 0.2) is 5.78 Å². The van der Waals surface area contributed by atoms with Crippen molar-refractivity contribution in [3.8, 4) is 0 Å². The Kier molecular flexibility index (Phi) is 5.38. The fraction of sp³-hybridized carbons (Fsp3) is 0.227. The maximum Gasteiger partial charge on any atom is 0.293 e. The second-order valence-electron chi connectivity index (χ2n) is 7.09. The van der Waals surface area contributed by atoms with Gasteiger partial charge in [0.25, 0.3) is 5.69 Å². The summed E-state index contributed by atoms with van der Waals surface area (Å²) in [7, 11) is 0. The van der Waals surface area contributed by atoms with Crippen LogP contribution >= 0.6 is 0 Å². The lowest BCUT2D eigenvalue weighted by molar-refractivity contribution is -0.384. The minimum atomic E-state index is -0.419. The first-order valence-electron chi connectivity index (χ1n) is 9.70.